The Labute approximate surface area is 513 Å². The predicted molar refractivity (Wildman–Crippen MR) is 334 cm³/mol. The Balaban J connectivity index is 0.000000355. The van der Waals surface area contributed by atoms with Crippen LogP contribution in [0, 0.1) is 58.2 Å². The molecule has 0 radical (unpaired) electrons. The monoisotopic (exact) mass is 1200 g/mol. The van der Waals surface area contributed by atoms with Crippen molar-refractivity contribution in [1.29, 1.82) is 0 Å². The summed E-state index contributed by atoms with van der Waals surface area (Å²) in [6.07, 6.45) is 15.5. The van der Waals surface area contributed by atoms with Gasteiger partial charge in [0.15, 0.2) is 0 Å². The number of carbonyl (C=O) groups is 5. The number of rotatable bonds is 18. The number of benzene rings is 2. The Hall–Kier alpha value is -4.73. The normalized spacial score (nSPS) is 21.1. The molecule has 2 aromatic carbocycles. The Morgan fingerprint density at radius 1 is 0.565 bits per heavy atom. The fourth-order valence-electron chi connectivity index (χ4n) is 9.96. The van der Waals surface area contributed by atoms with Gasteiger partial charge >= 0.3 is 29.8 Å². The second-order valence-electron chi connectivity index (χ2n) is 27.8. The highest BCUT2D eigenvalue weighted by Crippen LogP contribution is 2.55. The Bertz CT molecular complexity index is 2160. The highest BCUT2D eigenvalue weighted by Gasteiger charge is 2.63. The summed E-state index contributed by atoms with van der Waals surface area (Å²) < 4.78 is 44.6. The first-order valence-corrected chi connectivity index (χ1v) is 32.2. The van der Waals surface area contributed by atoms with Gasteiger partial charge in [-0.3, -0.25) is 24.0 Å². The third-order valence-corrected chi connectivity index (χ3v) is 15.1. The molecule has 15 nitrogen and oxygen atoms in total. The van der Waals surface area contributed by atoms with Crippen molar-refractivity contribution >= 4 is 29.8 Å². The number of hydrogen-bond donors (Lipinski definition) is 2. The van der Waals surface area contributed by atoms with Crippen molar-refractivity contribution in [3.63, 3.8) is 0 Å². The summed E-state index contributed by atoms with van der Waals surface area (Å²) in [7, 11) is 0. The van der Waals surface area contributed by atoms with Gasteiger partial charge in [0.1, 0.15) is 23.7 Å². The Morgan fingerprint density at radius 3 is 1.38 bits per heavy atom. The zero-order valence-corrected chi connectivity index (χ0v) is 56.2. The molecular formula is C70H116O15. The van der Waals surface area contributed by atoms with Crippen LogP contribution in [0.1, 0.15) is 233 Å². The maximum Gasteiger partial charge on any atom is 0.310 e. The molecular weight excluding hydrogens is 1080 g/mol. The van der Waals surface area contributed by atoms with E-state index in [0.29, 0.717) is 23.3 Å². The number of phenols is 2. The summed E-state index contributed by atoms with van der Waals surface area (Å²) in [6, 6.07) is 14.5. The number of ether oxygens (including phenoxy) is 8. The van der Waals surface area contributed by atoms with Gasteiger partial charge in [-0.05, 0) is 106 Å². The van der Waals surface area contributed by atoms with Crippen LogP contribution < -0.4 is 0 Å². The second kappa shape index (κ2) is 37.9. The van der Waals surface area contributed by atoms with Crippen molar-refractivity contribution in [1.82, 2.24) is 0 Å². The topological polar surface area (TPSA) is 200 Å². The van der Waals surface area contributed by atoms with E-state index in [0.717, 1.165) is 57.8 Å². The maximum absolute atomic E-state index is 11.8. The highest BCUT2D eigenvalue weighted by molar-refractivity contribution is 5.77. The summed E-state index contributed by atoms with van der Waals surface area (Å²) in [5.41, 5.74) is 2.43. The van der Waals surface area contributed by atoms with E-state index in [9.17, 15) is 24.0 Å². The molecule has 0 aromatic heterocycles. The van der Waals surface area contributed by atoms with Crippen molar-refractivity contribution in [3.05, 3.63) is 59.7 Å². The van der Waals surface area contributed by atoms with Crippen LogP contribution >= 0.6 is 0 Å². The fourth-order valence-corrected chi connectivity index (χ4v) is 9.96. The SMILES string of the molecule is CC(C)C(=O)OC(CC(C)(C)C)OC1CCCCC1.CC(C)C(=O)OC(OC1CCCCC1)C(C)(C)C.CC(C)C(=O)OC1C2CC3C(=O)OC1C3C2.CC(C)OC(OC(=O)C(C)C)C(C)C.CCc1ccc(O)cc1.CCc1ccc(O)cc1. The first kappa shape index (κ1) is 76.4. The predicted octanol–water partition coefficient (Wildman–Crippen LogP) is 15.8. The van der Waals surface area contributed by atoms with Crippen LogP contribution in [0.15, 0.2) is 48.5 Å². The molecule has 0 amide bonds. The first-order chi connectivity index (χ1) is 39.6. The molecule has 8 atom stereocenters. The smallest absolute Gasteiger partial charge is 0.310 e. The maximum atomic E-state index is 11.8. The zero-order chi connectivity index (χ0) is 64.4. The lowest BCUT2D eigenvalue weighted by Gasteiger charge is -2.34. The summed E-state index contributed by atoms with van der Waals surface area (Å²) in [5, 5.41) is 17.7. The van der Waals surface area contributed by atoms with E-state index in [2.05, 4.69) is 34.6 Å². The molecule has 486 valence electrons. The van der Waals surface area contributed by atoms with E-state index in [-0.39, 0.29) is 107 Å². The molecule has 2 bridgehead atoms. The number of hydrogen-bond acceptors (Lipinski definition) is 15. The molecule has 5 fully saturated rings. The van der Waals surface area contributed by atoms with Gasteiger partial charge in [0.2, 0.25) is 18.9 Å². The van der Waals surface area contributed by atoms with E-state index >= 15 is 0 Å². The number of carbonyl (C=O) groups excluding carboxylic acids is 5. The van der Waals surface area contributed by atoms with Gasteiger partial charge in [0, 0.05) is 29.6 Å². The number of aryl methyl sites for hydroxylation is 2. The van der Waals surface area contributed by atoms with Crippen LogP contribution in [0.2, 0.25) is 0 Å². The van der Waals surface area contributed by atoms with E-state index in [1.807, 2.05) is 128 Å². The van der Waals surface area contributed by atoms with Crippen LogP contribution in [0.25, 0.3) is 0 Å². The molecule has 85 heavy (non-hydrogen) atoms. The Kier molecular flexibility index (Phi) is 34.0. The molecule has 4 aliphatic carbocycles. The molecule has 0 spiro atoms. The fraction of sp³-hybridized carbons (Fsp3) is 0.757. The van der Waals surface area contributed by atoms with Crippen LogP contribution in [0.3, 0.4) is 0 Å². The lowest BCUT2D eigenvalue weighted by molar-refractivity contribution is -0.224. The van der Waals surface area contributed by atoms with Gasteiger partial charge in [-0.1, -0.05) is 187 Å². The largest absolute Gasteiger partial charge is 0.508 e. The number of phenolic OH excluding ortho intramolecular Hbond substituents is 2. The van der Waals surface area contributed by atoms with Gasteiger partial charge in [-0.2, -0.15) is 0 Å². The second-order valence-corrected chi connectivity index (χ2v) is 27.8. The van der Waals surface area contributed by atoms with Crippen molar-refractivity contribution < 1.29 is 72.1 Å². The van der Waals surface area contributed by atoms with Crippen molar-refractivity contribution in [3.8, 4) is 11.5 Å². The standard InChI is InChI=1S/C16H30O3.C15H28O3.C12H16O4.C11H22O3.2C8H10O/c1-12(2)15(17)19-14(11-16(3,4)5)18-13-9-7-6-8-10-13;1-11(2)13(16)18-14(15(3,4)5)17-12-9-7-6-8-10-12;1-5(2)11(13)15-9-6-3-7-8(4-6)12(14)16-10(7)9;1-7(2)10(12)14-11(8(3)4)13-9(5)6;2*1-2-7-3-5-8(9)6-4-7/h12-14H,6-11H2,1-5H3;11-12,14H,6-10H2,1-5H3;5-10H,3-4H2,1-2H3;7-9,11H,1-6H3;2*3-6,9H,2H2,1H3. The van der Waals surface area contributed by atoms with Crippen LogP contribution in [0.4, 0.5) is 0 Å². The molecule has 2 N–H and O–H groups in total. The number of aromatic hydroxyl groups is 2. The van der Waals surface area contributed by atoms with Gasteiger partial charge in [-0.15, -0.1) is 0 Å². The first-order valence-electron chi connectivity index (χ1n) is 32.2. The van der Waals surface area contributed by atoms with Crippen molar-refractivity contribution in [2.24, 2.45) is 58.2 Å². The van der Waals surface area contributed by atoms with E-state index in [1.165, 1.54) is 49.7 Å². The van der Waals surface area contributed by atoms with Gasteiger partial charge in [0.25, 0.3) is 0 Å². The zero-order valence-electron chi connectivity index (χ0n) is 56.2. The summed E-state index contributed by atoms with van der Waals surface area (Å²) in [5.74, 6) is 0.360. The number of fused-ring (bicyclic) bond motifs is 1. The summed E-state index contributed by atoms with van der Waals surface area (Å²) >= 11 is 0. The van der Waals surface area contributed by atoms with E-state index < -0.39 is 18.9 Å². The highest BCUT2D eigenvalue weighted by atomic mass is 16.7. The molecule has 7 rings (SSSR count). The van der Waals surface area contributed by atoms with Crippen LogP contribution in [-0.2, 0) is 74.7 Å². The lowest BCUT2D eigenvalue weighted by Crippen LogP contribution is -2.38. The third-order valence-electron chi connectivity index (χ3n) is 15.1. The summed E-state index contributed by atoms with van der Waals surface area (Å²) in [6.45, 7) is 39.3. The molecule has 15 heteroatoms. The minimum absolute atomic E-state index is 0.0716. The average Bonchev–Trinajstić information content (AvgIpc) is 1.66. The van der Waals surface area contributed by atoms with Gasteiger partial charge in [0.05, 0.1) is 47.9 Å². The quantitative estimate of drug-likeness (QED) is 0.0811. The number of esters is 5. The van der Waals surface area contributed by atoms with Gasteiger partial charge in [-0.25, -0.2) is 0 Å². The molecule has 4 saturated carbocycles. The van der Waals surface area contributed by atoms with Crippen LogP contribution in [-0.4, -0.2) is 89.4 Å². The van der Waals surface area contributed by atoms with E-state index in [4.69, 9.17) is 48.1 Å². The minimum Gasteiger partial charge on any atom is -0.508 e. The summed E-state index contributed by atoms with van der Waals surface area (Å²) in [4.78, 5) is 57.9. The van der Waals surface area contributed by atoms with Crippen molar-refractivity contribution in [2.45, 2.75) is 284 Å². The molecule has 8 unspecified atom stereocenters. The van der Waals surface area contributed by atoms with Crippen LogP contribution in [0.5, 0.6) is 11.5 Å². The lowest BCUT2D eigenvalue weighted by atomic mass is 9.88. The molecule has 1 aliphatic heterocycles. The molecule has 2 aromatic rings. The van der Waals surface area contributed by atoms with Crippen molar-refractivity contribution in [2.75, 3.05) is 0 Å². The molecule has 1 heterocycles. The van der Waals surface area contributed by atoms with Gasteiger partial charge < -0.3 is 48.1 Å². The molecule has 5 aliphatic rings. The van der Waals surface area contributed by atoms with E-state index in [1.54, 1.807) is 24.3 Å². The molecule has 1 saturated heterocycles. The third kappa shape index (κ3) is 29.7. The average molecular weight is 1200 g/mol. The Morgan fingerprint density at radius 2 is 0.988 bits per heavy atom. The minimum atomic E-state index is -0.435.